The number of fused-ring (bicyclic) bond motifs is 1. The molecule has 0 bridgehead atoms. The summed E-state index contributed by atoms with van der Waals surface area (Å²) in [5, 5.41) is 0.939. The first-order valence-corrected chi connectivity index (χ1v) is 9.66. The third-order valence-electron chi connectivity index (χ3n) is 4.98. The van der Waals surface area contributed by atoms with E-state index in [-0.39, 0.29) is 17.2 Å². The Morgan fingerprint density at radius 3 is 2.44 bits per heavy atom. The van der Waals surface area contributed by atoms with Crippen LogP contribution in [0, 0.1) is 0 Å². The topological polar surface area (TPSA) is 42.3 Å². The summed E-state index contributed by atoms with van der Waals surface area (Å²) >= 11 is 1.04. The molecule has 5 heteroatoms. The predicted molar refractivity (Wildman–Crippen MR) is 105 cm³/mol. The number of imide groups is 1. The van der Waals surface area contributed by atoms with E-state index in [1.54, 1.807) is 0 Å². The second kappa shape index (κ2) is 7.08. The summed E-state index contributed by atoms with van der Waals surface area (Å²) in [6, 6.07) is 8.51. The monoisotopic (exact) mass is 356 g/mol. The van der Waals surface area contributed by atoms with E-state index in [1.165, 1.54) is 4.90 Å². The van der Waals surface area contributed by atoms with Crippen molar-refractivity contribution < 1.29 is 9.59 Å². The van der Waals surface area contributed by atoms with Crippen LogP contribution in [0.3, 0.4) is 0 Å². The van der Waals surface area contributed by atoms with Crippen LogP contribution in [0.15, 0.2) is 35.4 Å². The van der Waals surface area contributed by atoms with Crippen molar-refractivity contribution in [3.05, 3.63) is 40.9 Å². The van der Waals surface area contributed by atoms with Crippen LogP contribution in [0.25, 0.3) is 17.0 Å². The van der Waals surface area contributed by atoms with Gasteiger partial charge in [-0.05, 0) is 50.6 Å². The molecule has 3 rings (SSSR count). The van der Waals surface area contributed by atoms with Crippen molar-refractivity contribution in [1.82, 2.24) is 9.47 Å². The fourth-order valence-electron chi connectivity index (χ4n) is 3.09. The molecule has 1 saturated heterocycles. The highest BCUT2D eigenvalue weighted by Gasteiger charge is 2.37. The summed E-state index contributed by atoms with van der Waals surface area (Å²) in [7, 11) is 0. The number of carbonyl (C=O) groups is 2. The number of thioether (sulfide) groups is 1. The van der Waals surface area contributed by atoms with Crippen molar-refractivity contribution in [3.63, 3.8) is 0 Å². The minimum Gasteiger partial charge on any atom is -0.344 e. The molecule has 25 heavy (non-hydrogen) atoms. The number of benzene rings is 1. The van der Waals surface area contributed by atoms with E-state index in [9.17, 15) is 9.59 Å². The number of hydrogen-bond donors (Lipinski definition) is 0. The first-order chi connectivity index (χ1) is 12.0. The van der Waals surface area contributed by atoms with Crippen molar-refractivity contribution >= 4 is 39.9 Å². The quantitative estimate of drug-likeness (QED) is 0.669. The lowest BCUT2D eigenvalue weighted by Gasteiger charge is -2.19. The predicted octanol–water partition coefficient (Wildman–Crippen LogP) is 5.45. The van der Waals surface area contributed by atoms with E-state index in [2.05, 4.69) is 36.7 Å². The Balaban J connectivity index is 2.05. The molecule has 4 nitrogen and oxygen atoms in total. The molecule has 2 heterocycles. The lowest BCUT2D eigenvalue weighted by atomic mass is 10.1. The van der Waals surface area contributed by atoms with Gasteiger partial charge in [-0.25, -0.2) is 0 Å². The smallest absolute Gasteiger partial charge is 0.293 e. The number of para-hydroxylation sites is 1. The van der Waals surface area contributed by atoms with E-state index < -0.39 is 0 Å². The number of amides is 2. The summed E-state index contributed by atoms with van der Waals surface area (Å²) in [6.07, 6.45) is 5.76. The molecule has 0 spiro atoms. The zero-order chi connectivity index (χ0) is 18.1. The zero-order valence-corrected chi connectivity index (χ0v) is 16.0. The molecule has 1 aromatic heterocycles. The van der Waals surface area contributed by atoms with Gasteiger partial charge in [0.05, 0.1) is 4.91 Å². The standard InChI is InChI=1S/C20H24N2O2S/c1-5-13(3)21-12-15(16-9-7-8-10-17(16)21)11-18-19(23)22(14(4)6-2)20(24)25-18/h7-14H,5-6H2,1-4H3/b18-11+/t13-,14-/m0/s1. The Hall–Kier alpha value is -2.01. The highest BCUT2D eigenvalue weighted by atomic mass is 32.2. The van der Waals surface area contributed by atoms with Crippen LogP contribution in [0.2, 0.25) is 0 Å². The number of rotatable bonds is 5. The molecule has 2 amide bonds. The lowest BCUT2D eigenvalue weighted by molar-refractivity contribution is -0.124. The average Bonchev–Trinajstić information content (AvgIpc) is 3.12. The first kappa shape index (κ1) is 17.8. The summed E-state index contributed by atoms with van der Waals surface area (Å²) in [5.41, 5.74) is 2.15. The molecule has 1 fully saturated rings. The highest BCUT2D eigenvalue weighted by molar-refractivity contribution is 8.18. The van der Waals surface area contributed by atoms with E-state index in [0.717, 1.165) is 41.1 Å². The lowest BCUT2D eigenvalue weighted by Crippen LogP contribution is -2.36. The number of hydrogen-bond acceptors (Lipinski definition) is 3. The SMILES string of the molecule is CC[C@H](C)N1C(=O)S/C(=C/c2cn([C@@H](C)CC)c3ccccc23)C1=O. The fraction of sp³-hybridized carbons (Fsp3) is 0.400. The van der Waals surface area contributed by atoms with Crippen molar-refractivity contribution in [1.29, 1.82) is 0 Å². The van der Waals surface area contributed by atoms with Gasteiger partial charge in [0.15, 0.2) is 0 Å². The molecule has 132 valence electrons. The Morgan fingerprint density at radius 2 is 1.76 bits per heavy atom. The summed E-state index contributed by atoms with van der Waals surface area (Å²) in [4.78, 5) is 26.8. The minimum atomic E-state index is -0.176. The molecule has 0 N–H and O–H groups in total. The second-order valence-electron chi connectivity index (χ2n) is 6.58. The Morgan fingerprint density at radius 1 is 1.08 bits per heavy atom. The van der Waals surface area contributed by atoms with Crippen molar-refractivity contribution in [2.45, 2.75) is 52.6 Å². The second-order valence-corrected chi connectivity index (χ2v) is 7.57. The third kappa shape index (κ3) is 3.13. The average molecular weight is 356 g/mol. The van der Waals surface area contributed by atoms with Gasteiger partial charge >= 0.3 is 0 Å². The Bertz CT molecular complexity index is 852. The van der Waals surface area contributed by atoms with Gasteiger partial charge in [-0.3, -0.25) is 14.5 Å². The zero-order valence-electron chi connectivity index (χ0n) is 15.2. The number of aromatic nitrogens is 1. The molecule has 0 radical (unpaired) electrons. The molecule has 1 aliphatic heterocycles. The first-order valence-electron chi connectivity index (χ1n) is 8.84. The van der Waals surface area contributed by atoms with Gasteiger partial charge in [0, 0.05) is 34.7 Å². The van der Waals surface area contributed by atoms with Crippen molar-refractivity contribution in [3.8, 4) is 0 Å². The van der Waals surface area contributed by atoms with Crippen LogP contribution in [-0.4, -0.2) is 26.7 Å². The molecule has 2 aromatic rings. The minimum absolute atomic E-state index is 0.0696. The fourth-order valence-corrected chi connectivity index (χ4v) is 4.01. The summed E-state index contributed by atoms with van der Waals surface area (Å²) in [6.45, 7) is 8.25. The van der Waals surface area contributed by atoms with Gasteiger partial charge in [-0.2, -0.15) is 0 Å². The van der Waals surface area contributed by atoms with Crippen LogP contribution in [-0.2, 0) is 4.79 Å². The molecule has 0 unspecified atom stereocenters. The summed E-state index contributed by atoms with van der Waals surface area (Å²) in [5.74, 6) is -0.176. The van der Waals surface area contributed by atoms with Gasteiger partial charge in [0.2, 0.25) is 0 Å². The van der Waals surface area contributed by atoms with Gasteiger partial charge in [-0.15, -0.1) is 0 Å². The van der Waals surface area contributed by atoms with Gasteiger partial charge in [-0.1, -0.05) is 32.0 Å². The highest BCUT2D eigenvalue weighted by Crippen LogP contribution is 2.36. The van der Waals surface area contributed by atoms with Gasteiger partial charge in [0.1, 0.15) is 0 Å². The maximum Gasteiger partial charge on any atom is 0.293 e. The molecule has 1 aliphatic rings. The van der Waals surface area contributed by atoms with Gasteiger partial charge in [0.25, 0.3) is 11.1 Å². The molecule has 0 saturated carbocycles. The molecular weight excluding hydrogens is 332 g/mol. The number of carbonyl (C=O) groups excluding carboxylic acids is 2. The largest absolute Gasteiger partial charge is 0.344 e. The van der Waals surface area contributed by atoms with E-state index >= 15 is 0 Å². The van der Waals surface area contributed by atoms with E-state index in [0.29, 0.717) is 10.9 Å². The van der Waals surface area contributed by atoms with E-state index in [1.807, 2.05) is 32.1 Å². The van der Waals surface area contributed by atoms with Crippen LogP contribution < -0.4 is 0 Å². The van der Waals surface area contributed by atoms with E-state index in [4.69, 9.17) is 0 Å². The van der Waals surface area contributed by atoms with Crippen LogP contribution >= 0.6 is 11.8 Å². The Kier molecular flexibility index (Phi) is 5.04. The summed E-state index contributed by atoms with van der Waals surface area (Å²) < 4.78 is 2.25. The third-order valence-corrected chi connectivity index (χ3v) is 5.86. The van der Waals surface area contributed by atoms with Crippen molar-refractivity contribution in [2.75, 3.05) is 0 Å². The molecule has 1 aromatic carbocycles. The Labute approximate surface area is 152 Å². The normalized spacial score (nSPS) is 19.2. The van der Waals surface area contributed by atoms with Crippen LogP contribution in [0.4, 0.5) is 4.79 Å². The van der Waals surface area contributed by atoms with Gasteiger partial charge < -0.3 is 4.57 Å². The maximum absolute atomic E-state index is 12.7. The van der Waals surface area contributed by atoms with Crippen molar-refractivity contribution in [2.24, 2.45) is 0 Å². The maximum atomic E-state index is 12.7. The van der Waals surface area contributed by atoms with Crippen LogP contribution in [0.5, 0.6) is 0 Å². The number of nitrogens with zero attached hydrogens (tertiary/aromatic N) is 2. The van der Waals surface area contributed by atoms with Crippen LogP contribution in [0.1, 0.15) is 52.1 Å². The molecule has 0 aliphatic carbocycles. The molecular formula is C20H24N2O2S. The molecule has 2 atom stereocenters.